The van der Waals surface area contributed by atoms with Gasteiger partial charge in [-0.05, 0) is 31.4 Å². The SMILES string of the molecule is Cc1ccc([N+](=O)[O-])c(OCC(=O)NC2CCCCC2)c1. The summed E-state index contributed by atoms with van der Waals surface area (Å²) in [5.74, 6) is -0.0866. The minimum absolute atomic E-state index is 0.119. The van der Waals surface area contributed by atoms with E-state index >= 15 is 0 Å². The second-order valence-electron chi connectivity index (χ2n) is 5.42. The van der Waals surface area contributed by atoms with E-state index in [1.165, 1.54) is 12.5 Å². The number of nitro groups is 1. The molecule has 0 saturated heterocycles. The molecule has 6 nitrogen and oxygen atoms in total. The number of hydrogen-bond donors (Lipinski definition) is 1. The van der Waals surface area contributed by atoms with Crippen molar-refractivity contribution < 1.29 is 14.5 Å². The average molecular weight is 292 g/mol. The maximum atomic E-state index is 11.8. The van der Waals surface area contributed by atoms with Gasteiger partial charge in [-0.25, -0.2) is 0 Å². The fraction of sp³-hybridized carbons (Fsp3) is 0.533. The second kappa shape index (κ2) is 7.06. The minimum Gasteiger partial charge on any atom is -0.477 e. The molecule has 1 saturated carbocycles. The number of nitrogens with zero attached hydrogens (tertiary/aromatic N) is 1. The van der Waals surface area contributed by atoms with Crippen LogP contribution in [0, 0.1) is 17.0 Å². The zero-order valence-electron chi connectivity index (χ0n) is 12.1. The van der Waals surface area contributed by atoms with Gasteiger partial charge in [-0.2, -0.15) is 0 Å². The molecule has 1 fully saturated rings. The highest BCUT2D eigenvalue weighted by molar-refractivity contribution is 5.78. The van der Waals surface area contributed by atoms with Crippen LogP contribution in [0.5, 0.6) is 5.75 Å². The van der Waals surface area contributed by atoms with Crippen LogP contribution in [0.2, 0.25) is 0 Å². The topological polar surface area (TPSA) is 81.5 Å². The highest BCUT2D eigenvalue weighted by Crippen LogP contribution is 2.27. The van der Waals surface area contributed by atoms with E-state index in [2.05, 4.69) is 5.32 Å². The quantitative estimate of drug-likeness (QED) is 0.668. The molecule has 1 amide bonds. The molecular weight excluding hydrogens is 272 g/mol. The van der Waals surface area contributed by atoms with Gasteiger partial charge >= 0.3 is 5.69 Å². The van der Waals surface area contributed by atoms with E-state index in [1.54, 1.807) is 12.1 Å². The van der Waals surface area contributed by atoms with Crippen molar-refractivity contribution in [3.05, 3.63) is 33.9 Å². The van der Waals surface area contributed by atoms with Crippen molar-refractivity contribution in [2.45, 2.75) is 45.1 Å². The van der Waals surface area contributed by atoms with Crippen molar-refractivity contribution in [3.8, 4) is 5.75 Å². The Labute approximate surface area is 123 Å². The summed E-state index contributed by atoms with van der Waals surface area (Å²) in [5, 5.41) is 13.8. The number of rotatable bonds is 5. The third kappa shape index (κ3) is 4.44. The summed E-state index contributed by atoms with van der Waals surface area (Å²) in [6, 6.07) is 4.82. The summed E-state index contributed by atoms with van der Waals surface area (Å²) in [6.45, 7) is 1.62. The monoisotopic (exact) mass is 292 g/mol. The first-order valence-electron chi connectivity index (χ1n) is 7.23. The lowest BCUT2D eigenvalue weighted by Crippen LogP contribution is -2.39. The van der Waals surface area contributed by atoms with E-state index in [0.717, 1.165) is 31.2 Å². The zero-order valence-corrected chi connectivity index (χ0v) is 12.1. The van der Waals surface area contributed by atoms with Crippen LogP contribution in [0.15, 0.2) is 18.2 Å². The molecule has 1 aromatic rings. The number of aryl methyl sites for hydroxylation is 1. The summed E-state index contributed by atoms with van der Waals surface area (Å²) in [4.78, 5) is 22.3. The van der Waals surface area contributed by atoms with Gasteiger partial charge in [-0.1, -0.05) is 25.3 Å². The van der Waals surface area contributed by atoms with Gasteiger partial charge in [0.05, 0.1) is 4.92 Å². The van der Waals surface area contributed by atoms with Crippen molar-refractivity contribution in [3.63, 3.8) is 0 Å². The maximum absolute atomic E-state index is 11.8. The lowest BCUT2D eigenvalue weighted by Gasteiger charge is -2.22. The first kappa shape index (κ1) is 15.3. The van der Waals surface area contributed by atoms with Crippen LogP contribution in [0.25, 0.3) is 0 Å². The molecule has 0 aliphatic heterocycles. The molecule has 114 valence electrons. The lowest BCUT2D eigenvalue weighted by molar-refractivity contribution is -0.385. The predicted molar refractivity (Wildman–Crippen MR) is 78.3 cm³/mol. The van der Waals surface area contributed by atoms with Crippen LogP contribution >= 0.6 is 0 Å². The number of amides is 1. The van der Waals surface area contributed by atoms with Crippen LogP contribution in [0.1, 0.15) is 37.7 Å². The Morgan fingerprint density at radius 3 is 2.76 bits per heavy atom. The lowest BCUT2D eigenvalue weighted by atomic mass is 9.95. The Balaban J connectivity index is 1.91. The Hall–Kier alpha value is -2.11. The van der Waals surface area contributed by atoms with Crippen LogP contribution in [-0.4, -0.2) is 23.5 Å². The third-order valence-electron chi connectivity index (χ3n) is 3.64. The molecule has 0 bridgehead atoms. The highest BCUT2D eigenvalue weighted by Gasteiger charge is 2.18. The summed E-state index contributed by atoms with van der Waals surface area (Å²) >= 11 is 0. The van der Waals surface area contributed by atoms with Gasteiger partial charge in [-0.15, -0.1) is 0 Å². The van der Waals surface area contributed by atoms with Crippen molar-refractivity contribution >= 4 is 11.6 Å². The van der Waals surface area contributed by atoms with E-state index < -0.39 is 4.92 Å². The van der Waals surface area contributed by atoms with Crippen molar-refractivity contribution in [2.75, 3.05) is 6.61 Å². The van der Waals surface area contributed by atoms with Gasteiger partial charge in [0.2, 0.25) is 0 Å². The zero-order chi connectivity index (χ0) is 15.2. The Morgan fingerprint density at radius 2 is 2.10 bits per heavy atom. The van der Waals surface area contributed by atoms with E-state index in [1.807, 2.05) is 6.92 Å². The number of nitro benzene ring substituents is 1. The summed E-state index contributed by atoms with van der Waals surface area (Å²) in [6.07, 6.45) is 5.48. The molecule has 0 unspecified atom stereocenters. The minimum atomic E-state index is -0.506. The normalized spacial score (nSPS) is 15.5. The van der Waals surface area contributed by atoms with E-state index in [4.69, 9.17) is 4.74 Å². The third-order valence-corrected chi connectivity index (χ3v) is 3.64. The van der Waals surface area contributed by atoms with Gasteiger partial charge in [-0.3, -0.25) is 14.9 Å². The highest BCUT2D eigenvalue weighted by atomic mass is 16.6. The predicted octanol–water partition coefficient (Wildman–Crippen LogP) is 2.73. The molecule has 1 aliphatic rings. The van der Waals surface area contributed by atoms with Crippen LogP contribution in [0.3, 0.4) is 0 Å². The first-order chi connectivity index (χ1) is 10.1. The molecule has 6 heteroatoms. The van der Waals surface area contributed by atoms with Gasteiger partial charge in [0, 0.05) is 12.1 Å². The molecule has 21 heavy (non-hydrogen) atoms. The smallest absolute Gasteiger partial charge is 0.310 e. The van der Waals surface area contributed by atoms with Gasteiger partial charge in [0.15, 0.2) is 12.4 Å². The Kier molecular flexibility index (Phi) is 5.14. The molecule has 1 aromatic carbocycles. The molecule has 1 aliphatic carbocycles. The van der Waals surface area contributed by atoms with E-state index in [9.17, 15) is 14.9 Å². The molecule has 0 radical (unpaired) electrons. The number of carbonyl (C=O) groups excluding carboxylic acids is 1. The number of hydrogen-bond acceptors (Lipinski definition) is 4. The number of benzene rings is 1. The molecule has 0 atom stereocenters. The molecule has 1 N–H and O–H groups in total. The largest absolute Gasteiger partial charge is 0.477 e. The molecule has 0 aromatic heterocycles. The van der Waals surface area contributed by atoms with Crippen LogP contribution < -0.4 is 10.1 Å². The average Bonchev–Trinajstić information content (AvgIpc) is 2.46. The summed E-state index contributed by atoms with van der Waals surface area (Å²) in [5.41, 5.74) is 0.731. The van der Waals surface area contributed by atoms with Gasteiger partial charge < -0.3 is 10.1 Å². The van der Waals surface area contributed by atoms with Crippen molar-refractivity contribution in [1.29, 1.82) is 0 Å². The van der Waals surface area contributed by atoms with E-state index in [-0.39, 0.29) is 30.0 Å². The number of nitrogens with one attached hydrogen (secondary N) is 1. The summed E-state index contributed by atoms with van der Waals surface area (Å²) in [7, 11) is 0. The molecular formula is C15H20N2O4. The summed E-state index contributed by atoms with van der Waals surface area (Å²) < 4.78 is 5.33. The van der Waals surface area contributed by atoms with Crippen molar-refractivity contribution in [2.24, 2.45) is 0 Å². The van der Waals surface area contributed by atoms with Gasteiger partial charge in [0.25, 0.3) is 5.91 Å². The molecule has 0 heterocycles. The van der Waals surface area contributed by atoms with Gasteiger partial charge in [0.1, 0.15) is 0 Å². The van der Waals surface area contributed by atoms with Crippen LogP contribution in [-0.2, 0) is 4.79 Å². The van der Waals surface area contributed by atoms with Crippen LogP contribution in [0.4, 0.5) is 5.69 Å². The first-order valence-corrected chi connectivity index (χ1v) is 7.23. The molecule has 2 rings (SSSR count). The Bertz CT molecular complexity index is 524. The fourth-order valence-electron chi connectivity index (χ4n) is 2.55. The van der Waals surface area contributed by atoms with E-state index in [0.29, 0.717) is 0 Å². The molecule has 0 spiro atoms. The van der Waals surface area contributed by atoms with Crippen molar-refractivity contribution in [1.82, 2.24) is 5.32 Å². The maximum Gasteiger partial charge on any atom is 0.310 e. The standard InChI is InChI=1S/C15H20N2O4/c1-11-7-8-13(17(19)20)14(9-11)21-10-15(18)16-12-5-3-2-4-6-12/h7-9,12H,2-6,10H2,1H3,(H,16,18). The number of ether oxygens (including phenoxy) is 1. The Morgan fingerprint density at radius 1 is 1.38 bits per heavy atom. The number of carbonyl (C=O) groups is 1. The second-order valence-corrected chi connectivity index (χ2v) is 5.42. The fourth-order valence-corrected chi connectivity index (χ4v) is 2.55.